The summed E-state index contributed by atoms with van der Waals surface area (Å²) in [4.78, 5) is 0. The molecule has 0 aliphatic heterocycles. The maximum Gasteiger partial charge on any atom is 0.137 e. The molecule has 0 N–H and O–H groups in total. The number of fused-ring (bicyclic) bond motifs is 13. The molecule has 3 heteroatoms. The first kappa shape index (κ1) is 16.2. The molecule has 5 aromatic carbocycles. The fourth-order valence-electron chi connectivity index (χ4n) is 6.00. The van der Waals surface area contributed by atoms with E-state index in [9.17, 15) is 0 Å². The van der Waals surface area contributed by atoms with E-state index in [0.717, 1.165) is 33.1 Å². The van der Waals surface area contributed by atoms with E-state index >= 15 is 0 Å². The maximum absolute atomic E-state index is 6.25. The van der Waals surface area contributed by atoms with Crippen molar-refractivity contribution < 1.29 is 8.83 Å². The van der Waals surface area contributed by atoms with E-state index in [2.05, 4.69) is 71.1 Å². The molecule has 0 fully saturated rings. The molecule has 0 radical (unpaired) electrons. The lowest BCUT2D eigenvalue weighted by molar-refractivity contribution is 0.669. The van der Waals surface area contributed by atoms with E-state index < -0.39 is 0 Å². The molecule has 0 unspecified atom stereocenters. The van der Waals surface area contributed by atoms with Gasteiger partial charge in [0.25, 0.3) is 0 Å². The van der Waals surface area contributed by atoms with Crippen LogP contribution in [0.15, 0.2) is 99.8 Å². The molecule has 9 rings (SSSR count). The van der Waals surface area contributed by atoms with E-state index in [1.807, 2.05) is 24.3 Å². The Bertz CT molecular complexity index is 2240. The standard InChI is InChI=1S/C30H15NO2/c1-3-10-24-16(6-1)21-14-20-17-8-5-9-19-28-22(31(30(17)19)23(20)15-27(21)33-24)12-13-26-29(28)18-7-2-4-11-25(18)32-26/h1-15H. The molecule has 4 aromatic heterocycles. The summed E-state index contributed by atoms with van der Waals surface area (Å²) >= 11 is 0. The van der Waals surface area contributed by atoms with Gasteiger partial charge >= 0.3 is 0 Å². The van der Waals surface area contributed by atoms with Gasteiger partial charge in [-0.05, 0) is 30.3 Å². The average Bonchev–Trinajstić information content (AvgIpc) is 3.58. The number of hydrogen-bond donors (Lipinski definition) is 0. The average molecular weight is 421 g/mol. The maximum atomic E-state index is 6.25. The van der Waals surface area contributed by atoms with Crippen LogP contribution < -0.4 is 0 Å². The summed E-state index contributed by atoms with van der Waals surface area (Å²) in [5.41, 5.74) is 7.35. The van der Waals surface area contributed by atoms with Crippen molar-refractivity contribution >= 4 is 82.0 Å². The van der Waals surface area contributed by atoms with Crippen molar-refractivity contribution in [3.05, 3.63) is 91.0 Å². The van der Waals surface area contributed by atoms with Crippen molar-refractivity contribution in [2.45, 2.75) is 0 Å². The molecule has 9 aromatic rings. The number of hydrogen-bond acceptors (Lipinski definition) is 2. The lowest BCUT2D eigenvalue weighted by atomic mass is 10.0. The van der Waals surface area contributed by atoms with E-state index in [4.69, 9.17) is 8.83 Å². The summed E-state index contributed by atoms with van der Waals surface area (Å²) in [6, 6.07) is 32.1. The Kier molecular flexibility index (Phi) is 2.59. The molecule has 33 heavy (non-hydrogen) atoms. The Morgan fingerprint density at radius 2 is 1.15 bits per heavy atom. The minimum atomic E-state index is 0.924. The van der Waals surface area contributed by atoms with Crippen molar-refractivity contribution in [2.24, 2.45) is 0 Å². The molecule has 0 saturated heterocycles. The van der Waals surface area contributed by atoms with Crippen LogP contribution in [0.4, 0.5) is 0 Å². The third kappa shape index (κ3) is 1.77. The van der Waals surface area contributed by atoms with Gasteiger partial charge in [0.15, 0.2) is 0 Å². The van der Waals surface area contributed by atoms with Crippen LogP contribution in [0.2, 0.25) is 0 Å². The fourth-order valence-corrected chi connectivity index (χ4v) is 6.00. The van der Waals surface area contributed by atoms with Gasteiger partial charge in [0.1, 0.15) is 22.3 Å². The molecule has 4 heterocycles. The highest BCUT2D eigenvalue weighted by Crippen LogP contribution is 2.45. The molecule has 0 aliphatic carbocycles. The van der Waals surface area contributed by atoms with Crippen molar-refractivity contribution in [3.63, 3.8) is 0 Å². The van der Waals surface area contributed by atoms with Gasteiger partial charge < -0.3 is 13.2 Å². The highest BCUT2D eigenvalue weighted by atomic mass is 16.3. The number of para-hydroxylation sites is 3. The highest BCUT2D eigenvalue weighted by molar-refractivity contribution is 6.32. The largest absolute Gasteiger partial charge is 0.456 e. The Morgan fingerprint density at radius 1 is 0.424 bits per heavy atom. The molecule has 0 saturated carbocycles. The molecule has 0 amide bonds. The third-order valence-corrected chi connectivity index (χ3v) is 7.32. The van der Waals surface area contributed by atoms with Gasteiger partial charge in [-0.2, -0.15) is 0 Å². The second-order valence-electron chi connectivity index (χ2n) is 8.93. The summed E-state index contributed by atoms with van der Waals surface area (Å²) in [7, 11) is 0. The summed E-state index contributed by atoms with van der Waals surface area (Å²) < 4.78 is 14.9. The predicted molar refractivity (Wildman–Crippen MR) is 136 cm³/mol. The Morgan fingerprint density at radius 3 is 2.06 bits per heavy atom. The summed E-state index contributed by atoms with van der Waals surface area (Å²) in [5, 5.41) is 9.73. The summed E-state index contributed by atoms with van der Waals surface area (Å²) in [5.74, 6) is 0. The first-order valence-corrected chi connectivity index (χ1v) is 11.2. The van der Waals surface area contributed by atoms with E-state index in [1.165, 1.54) is 48.9 Å². The van der Waals surface area contributed by atoms with Crippen LogP contribution in [0.25, 0.3) is 82.0 Å². The van der Waals surface area contributed by atoms with Crippen molar-refractivity contribution in [1.29, 1.82) is 0 Å². The van der Waals surface area contributed by atoms with Crippen LogP contribution in [0.1, 0.15) is 0 Å². The van der Waals surface area contributed by atoms with E-state index in [0.29, 0.717) is 0 Å². The van der Waals surface area contributed by atoms with Gasteiger partial charge in [-0.15, -0.1) is 0 Å². The number of furan rings is 2. The van der Waals surface area contributed by atoms with Gasteiger partial charge in [0.2, 0.25) is 0 Å². The predicted octanol–water partition coefficient (Wildman–Crippen LogP) is 8.64. The van der Waals surface area contributed by atoms with Gasteiger partial charge in [-0.3, -0.25) is 0 Å². The van der Waals surface area contributed by atoms with Crippen LogP contribution in [0, 0.1) is 0 Å². The third-order valence-electron chi connectivity index (χ3n) is 7.32. The number of nitrogens with zero attached hydrogens (tertiary/aromatic N) is 1. The second-order valence-corrected chi connectivity index (χ2v) is 8.93. The highest BCUT2D eigenvalue weighted by Gasteiger charge is 2.22. The fraction of sp³-hybridized carbons (Fsp3) is 0. The zero-order valence-electron chi connectivity index (χ0n) is 17.4. The van der Waals surface area contributed by atoms with Gasteiger partial charge in [-0.25, -0.2) is 0 Å². The molecule has 3 nitrogen and oxygen atoms in total. The Balaban J connectivity index is 1.58. The zero-order valence-corrected chi connectivity index (χ0v) is 17.4. The van der Waals surface area contributed by atoms with Crippen molar-refractivity contribution in [2.75, 3.05) is 0 Å². The minimum absolute atomic E-state index is 0.924. The molecule has 152 valence electrons. The lowest BCUT2D eigenvalue weighted by Gasteiger charge is -2.00. The van der Waals surface area contributed by atoms with Gasteiger partial charge in [-0.1, -0.05) is 54.6 Å². The van der Waals surface area contributed by atoms with Crippen LogP contribution in [0.3, 0.4) is 0 Å². The van der Waals surface area contributed by atoms with Crippen LogP contribution in [-0.4, -0.2) is 4.40 Å². The zero-order chi connectivity index (χ0) is 21.3. The lowest BCUT2D eigenvalue weighted by Crippen LogP contribution is -1.80. The van der Waals surface area contributed by atoms with Crippen LogP contribution in [-0.2, 0) is 0 Å². The first-order chi connectivity index (χ1) is 16.4. The second kappa shape index (κ2) is 5.28. The molecule has 0 spiro atoms. The smallest absolute Gasteiger partial charge is 0.137 e. The number of aromatic nitrogens is 1. The molecule has 0 atom stereocenters. The summed E-state index contributed by atoms with van der Waals surface area (Å²) in [6.07, 6.45) is 0. The van der Waals surface area contributed by atoms with E-state index in [-0.39, 0.29) is 0 Å². The SMILES string of the molecule is c1ccc2c(c1)oc1cc3c(cc12)c1cccc2c4c5c(ccc4n3c12)oc1ccccc15. The molecular weight excluding hydrogens is 406 g/mol. The van der Waals surface area contributed by atoms with Gasteiger partial charge in [0, 0.05) is 49.2 Å². The molecule has 0 aliphatic rings. The minimum Gasteiger partial charge on any atom is -0.456 e. The Hall–Kier alpha value is -4.50. The monoisotopic (exact) mass is 421 g/mol. The number of benzene rings is 5. The van der Waals surface area contributed by atoms with E-state index in [1.54, 1.807) is 0 Å². The number of rotatable bonds is 0. The molecule has 0 bridgehead atoms. The van der Waals surface area contributed by atoms with Crippen LogP contribution >= 0.6 is 0 Å². The Labute approximate surface area is 186 Å². The van der Waals surface area contributed by atoms with Crippen LogP contribution in [0.5, 0.6) is 0 Å². The van der Waals surface area contributed by atoms with Crippen molar-refractivity contribution in [1.82, 2.24) is 4.40 Å². The van der Waals surface area contributed by atoms with Crippen molar-refractivity contribution in [3.8, 4) is 0 Å². The normalized spacial score (nSPS) is 12.8. The topological polar surface area (TPSA) is 30.7 Å². The molecular formula is C30H15NO2. The first-order valence-electron chi connectivity index (χ1n) is 11.2. The summed E-state index contributed by atoms with van der Waals surface area (Å²) in [6.45, 7) is 0. The quantitative estimate of drug-likeness (QED) is 0.245. The van der Waals surface area contributed by atoms with Gasteiger partial charge in [0.05, 0.1) is 16.6 Å².